The van der Waals surface area contributed by atoms with E-state index in [1.54, 1.807) is 18.5 Å². The Morgan fingerprint density at radius 1 is 1.13 bits per heavy atom. The summed E-state index contributed by atoms with van der Waals surface area (Å²) in [6, 6.07) is 1.78. The first-order valence-corrected chi connectivity index (χ1v) is 5.28. The summed E-state index contributed by atoms with van der Waals surface area (Å²) < 4.78 is 0.647. The van der Waals surface area contributed by atoms with Gasteiger partial charge in [-0.25, -0.2) is 19.9 Å². The van der Waals surface area contributed by atoms with Crippen LogP contribution in [0.1, 0.15) is 0 Å². The number of hydrogen-bond acceptors (Lipinski definition) is 4. The molecule has 0 unspecified atom stereocenters. The van der Waals surface area contributed by atoms with Crippen molar-refractivity contribution >= 4 is 39.1 Å². The molecule has 7 heteroatoms. The van der Waals surface area contributed by atoms with Crippen molar-refractivity contribution < 1.29 is 0 Å². The van der Waals surface area contributed by atoms with Crippen molar-refractivity contribution in [2.75, 3.05) is 0 Å². The topological polar surface area (TPSA) is 51.6 Å². The number of aromatic nitrogens is 4. The quantitative estimate of drug-likeness (QED) is 0.554. The molecule has 0 aliphatic carbocycles. The fourth-order valence-electron chi connectivity index (χ4n) is 0.580. The summed E-state index contributed by atoms with van der Waals surface area (Å²) in [7, 11) is 0. The predicted molar refractivity (Wildman–Crippen MR) is 61.8 cm³/mol. The van der Waals surface area contributed by atoms with Crippen molar-refractivity contribution in [1.29, 1.82) is 0 Å². The van der Waals surface area contributed by atoms with Crippen LogP contribution in [0.15, 0.2) is 35.5 Å². The molecule has 0 N–H and O–H groups in total. The van der Waals surface area contributed by atoms with E-state index in [-0.39, 0.29) is 5.28 Å². The van der Waals surface area contributed by atoms with Gasteiger partial charge >= 0.3 is 0 Å². The first-order valence-electron chi connectivity index (χ1n) is 3.73. The standard InChI is InChI=1S/C4HBrCl2N2.C4H4N2/c5-2-1-8-4(7)9-3(2)6;1-2-5-4-6-3-1/h1H;1-4H. The third-order valence-electron chi connectivity index (χ3n) is 1.15. The number of halogens is 3. The summed E-state index contributed by atoms with van der Waals surface area (Å²) in [5.41, 5.74) is 0. The average Bonchev–Trinajstić information content (AvgIpc) is 2.27. The Balaban J connectivity index is 0.000000162. The van der Waals surface area contributed by atoms with Crippen LogP contribution in [0, 0.1) is 0 Å². The first kappa shape index (κ1) is 12.3. The molecule has 2 rings (SSSR count). The summed E-state index contributed by atoms with van der Waals surface area (Å²) in [6.07, 6.45) is 6.37. The molecule has 0 aromatic carbocycles. The monoisotopic (exact) mass is 306 g/mol. The van der Waals surface area contributed by atoms with E-state index >= 15 is 0 Å². The van der Waals surface area contributed by atoms with Crippen LogP contribution in [0.5, 0.6) is 0 Å². The van der Waals surface area contributed by atoms with E-state index in [0.717, 1.165) is 0 Å². The van der Waals surface area contributed by atoms with Crippen LogP contribution in [-0.2, 0) is 0 Å². The maximum Gasteiger partial charge on any atom is 0.223 e. The van der Waals surface area contributed by atoms with E-state index in [2.05, 4.69) is 35.9 Å². The van der Waals surface area contributed by atoms with Gasteiger partial charge in [-0.05, 0) is 33.6 Å². The largest absolute Gasteiger partial charge is 0.245 e. The van der Waals surface area contributed by atoms with Crippen molar-refractivity contribution in [2.45, 2.75) is 0 Å². The smallest absolute Gasteiger partial charge is 0.223 e. The fourth-order valence-corrected chi connectivity index (χ4v) is 1.08. The third kappa shape index (κ3) is 5.01. The van der Waals surface area contributed by atoms with Gasteiger partial charge in [0, 0.05) is 18.6 Å². The van der Waals surface area contributed by atoms with Gasteiger partial charge in [-0.2, -0.15) is 0 Å². The minimum absolute atomic E-state index is 0.156. The molecule has 0 saturated carbocycles. The maximum absolute atomic E-state index is 5.53. The van der Waals surface area contributed by atoms with E-state index in [1.807, 2.05) is 0 Å². The molecule has 0 atom stereocenters. The lowest BCUT2D eigenvalue weighted by Crippen LogP contribution is -1.81. The van der Waals surface area contributed by atoms with Gasteiger partial charge in [0.15, 0.2) is 0 Å². The van der Waals surface area contributed by atoms with E-state index in [9.17, 15) is 0 Å². The molecule has 2 aromatic heterocycles. The summed E-state index contributed by atoms with van der Waals surface area (Å²) in [5.74, 6) is 0. The van der Waals surface area contributed by atoms with Gasteiger partial charge in [0.25, 0.3) is 0 Å². The van der Waals surface area contributed by atoms with Crippen molar-refractivity contribution in [3.63, 3.8) is 0 Å². The second-order valence-corrected chi connectivity index (χ2v) is 3.73. The van der Waals surface area contributed by atoms with Crippen LogP contribution in [0.4, 0.5) is 0 Å². The van der Waals surface area contributed by atoms with Gasteiger partial charge in [-0.1, -0.05) is 11.6 Å². The highest BCUT2D eigenvalue weighted by atomic mass is 79.9. The molecule has 0 radical (unpaired) electrons. The summed E-state index contributed by atoms with van der Waals surface area (Å²) >= 11 is 14.0. The van der Waals surface area contributed by atoms with Crippen LogP contribution in [0.3, 0.4) is 0 Å². The van der Waals surface area contributed by atoms with Crippen molar-refractivity contribution in [2.24, 2.45) is 0 Å². The minimum Gasteiger partial charge on any atom is -0.245 e. The second kappa shape index (κ2) is 6.66. The van der Waals surface area contributed by atoms with Crippen molar-refractivity contribution in [3.05, 3.63) is 45.9 Å². The lowest BCUT2D eigenvalue weighted by molar-refractivity contribution is 1.15. The Labute approximate surface area is 105 Å². The van der Waals surface area contributed by atoms with Crippen LogP contribution >= 0.6 is 39.1 Å². The highest BCUT2D eigenvalue weighted by Crippen LogP contribution is 2.19. The molecular formula is C8H5BrCl2N4. The summed E-state index contributed by atoms with van der Waals surface area (Å²) in [6.45, 7) is 0. The van der Waals surface area contributed by atoms with Gasteiger partial charge < -0.3 is 0 Å². The molecule has 0 saturated heterocycles. The molecule has 78 valence electrons. The zero-order chi connectivity index (χ0) is 11.1. The Kier molecular flexibility index (Phi) is 5.45. The van der Waals surface area contributed by atoms with Gasteiger partial charge in [-0.3, -0.25) is 0 Å². The zero-order valence-electron chi connectivity index (χ0n) is 7.31. The Hall–Kier alpha value is -0.780. The third-order valence-corrected chi connectivity index (χ3v) is 2.43. The number of nitrogens with zero attached hydrogens (tertiary/aromatic N) is 4. The van der Waals surface area contributed by atoms with Crippen LogP contribution in [-0.4, -0.2) is 19.9 Å². The average molecular weight is 308 g/mol. The summed E-state index contributed by atoms with van der Waals surface area (Å²) in [4.78, 5) is 14.7. The van der Waals surface area contributed by atoms with Gasteiger partial charge in [0.1, 0.15) is 11.5 Å². The molecule has 0 amide bonds. The molecule has 15 heavy (non-hydrogen) atoms. The molecule has 2 heterocycles. The summed E-state index contributed by atoms with van der Waals surface area (Å²) in [5, 5.41) is 0.484. The number of hydrogen-bond donors (Lipinski definition) is 0. The Morgan fingerprint density at radius 3 is 2.13 bits per heavy atom. The maximum atomic E-state index is 5.53. The molecule has 0 aliphatic heterocycles. The zero-order valence-corrected chi connectivity index (χ0v) is 10.4. The van der Waals surface area contributed by atoms with Gasteiger partial charge in [0.2, 0.25) is 5.28 Å². The molecular weight excluding hydrogens is 303 g/mol. The van der Waals surface area contributed by atoms with Gasteiger partial charge in [-0.15, -0.1) is 0 Å². The molecule has 0 aliphatic rings. The van der Waals surface area contributed by atoms with E-state index in [0.29, 0.717) is 9.63 Å². The lowest BCUT2D eigenvalue weighted by atomic mass is 10.7. The van der Waals surface area contributed by atoms with Crippen LogP contribution in [0.2, 0.25) is 10.4 Å². The van der Waals surface area contributed by atoms with E-state index in [1.165, 1.54) is 12.5 Å². The highest BCUT2D eigenvalue weighted by molar-refractivity contribution is 9.10. The van der Waals surface area contributed by atoms with Crippen LogP contribution < -0.4 is 0 Å². The Morgan fingerprint density at radius 2 is 1.80 bits per heavy atom. The molecule has 2 aromatic rings. The minimum atomic E-state index is 0.156. The molecule has 0 spiro atoms. The van der Waals surface area contributed by atoms with Crippen LogP contribution in [0.25, 0.3) is 0 Å². The second-order valence-electron chi connectivity index (χ2n) is 2.18. The van der Waals surface area contributed by atoms with Gasteiger partial charge in [0.05, 0.1) is 4.47 Å². The predicted octanol–water partition coefficient (Wildman–Crippen LogP) is 3.02. The SMILES string of the molecule is Clc1ncc(Br)c(Cl)n1.c1cncnc1. The van der Waals surface area contributed by atoms with E-state index < -0.39 is 0 Å². The van der Waals surface area contributed by atoms with E-state index in [4.69, 9.17) is 23.2 Å². The fraction of sp³-hybridized carbons (Fsp3) is 0. The van der Waals surface area contributed by atoms with Crippen molar-refractivity contribution in [1.82, 2.24) is 19.9 Å². The molecule has 4 nitrogen and oxygen atoms in total. The molecule has 0 bridgehead atoms. The number of rotatable bonds is 0. The highest BCUT2D eigenvalue weighted by Gasteiger charge is 1.97. The normalized spacial score (nSPS) is 9.00. The Bertz CT molecular complexity index is 386. The first-order chi connectivity index (χ1) is 7.20. The van der Waals surface area contributed by atoms with Crippen molar-refractivity contribution in [3.8, 4) is 0 Å². The molecule has 0 fully saturated rings. The lowest BCUT2D eigenvalue weighted by Gasteiger charge is -1.91.